The first kappa shape index (κ1) is 13.9. The van der Waals surface area contributed by atoms with Crippen LogP contribution in [0.15, 0.2) is 0 Å². The Morgan fingerprint density at radius 2 is 2.25 bits per heavy atom. The molecule has 0 spiro atoms. The molecule has 1 aliphatic heterocycles. The molecule has 1 saturated heterocycles. The van der Waals surface area contributed by atoms with Gasteiger partial charge in [-0.2, -0.15) is 0 Å². The normalized spacial score (nSPS) is 22.5. The molecule has 0 amide bonds. The van der Waals surface area contributed by atoms with Crippen LogP contribution in [0.4, 0.5) is 0 Å². The standard InChI is InChI=1S/C13H28N2O/c1-3-16-12-6-11-15-10-5-4-7-13(15)8-9-14-2/h13-14H,3-12H2,1-2H3. The third-order valence-corrected chi connectivity index (χ3v) is 3.41. The average Bonchev–Trinajstić information content (AvgIpc) is 2.33. The first-order valence-corrected chi connectivity index (χ1v) is 6.85. The van der Waals surface area contributed by atoms with Crippen LogP contribution in [0.5, 0.6) is 0 Å². The summed E-state index contributed by atoms with van der Waals surface area (Å²) >= 11 is 0. The Balaban J connectivity index is 2.18. The molecule has 1 atom stereocenters. The van der Waals surface area contributed by atoms with Crippen LogP contribution in [0.25, 0.3) is 0 Å². The number of rotatable bonds is 8. The topological polar surface area (TPSA) is 24.5 Å². The second-order valence-corrected chi connectivity index (χ2v) is 4.63. The van der Waals surface area contributed by atoms with Crippen molar-refractivity contribution in [3.8, 4) is 0 Å². The third-order valence-electron chi connectivity index (χ3n) is 3.41. The van der Waals surface area contributed by atoms with E-state index in [1.165, 1.54) is 45.2 Å². The van der Waals surface area contributed by atoms with Gasteiger partial charge in [-0.25, -0.2) is 0 Å². The monoisotopic (exact) mass is 228 g/mol. The van der Waals surface area contributed by atoms with E-state index in [1.54, 1.807) is 0 Å². The van der Waals surface area contributed by atoms with E-state index in [4.69, 9.17) is 4.74 Å². The quantitative estimate of drug-likeness (QED) is 0.642. The molecular formula is C13H28N2O. The fraction of sp³-hybridized carbons (Fsp3) is 1.00. The van der Waals surface area contributed by atoms with E-state index in [-0.39, 0.29) is 0 Å². The average molecular weight is 228 g/mol. The maximum atomic E-state index is 5.40. The van der Waals surface area contributed by atoms with Crippen LogP contribution >= 0.6 is 0 Å². The van der Waals surface area contributed by atoms with Crippen LogP contribution in [0.1, 0.15) is 39.0 Å². The first-order valence-electron chi connectivity index (χ1n) is 6.85. The number of likely N-dealkylation sites (tertiary alicyclic amines) is 1. The van der Waals surface area contributed by atoms with E-state index in [9.17, 15) is 0 Å². The van der Waals surface area contributed by atoms with E-state index in [0.717, 1.165) is 25.8 Å². The molecule has 1 fully saturated rings. The molecule has 0 radical (unpaired) electrons. The van der Waals surface area contributed by atoms with Gasteiger partial charge in [0.25, 0.3) is 0 Å². The minimum Gasteiger partial charge on any atom is -0.382 e. The van der Waals surface area contributed by atoms with Crippen LogP contribution in [0, 0.1) is 0 Å². The zero-order chi connectivity index (χ0) is 11.6. The molecule has 0 aliphatic carbocycles. The molecule has 1 aliphatic rings. The molecule has 16 heavy (non-hydrogen) atoms. The lowest BCUT2D eigenvalue weighted by Crippen LogP contribution is -2.41. The molecule has 3 heteroatoms. The van der Waals surface area contributed by atoms with Crippen molar-refractivity contribution in [2.24, 2.45) is 0 Å². The maximum absolute atomic E-state index is 5.40. The molecule has 0 aromatic heterocycles. The highest BCUT2D eigenvalue weighted by Crippen LogP contribution is 2.19. The van der Waals surface area contributed by atoms with Crippen LogP contribution in [0.3, 0.4) is 0 Å². The lowest BCUT2D eigenvalue weighted by molar-refractivity contribution is 0.102. The largest absolute Gasteiger partial charge is 0.382 e. The first-order chi connectivity index (χ1) is 7.88. The summed E-state index contributed by atoms with van der Waals surface area (Å²) in [7, 11) is 2.04. The summed E-state index contributed by atoms with van der Waals surface area (Å²) in [5, 5.41) is 3.26. The molecule has 0 bridgehead atoms. The number of hydrogen-bond donors (Lipinski definition) is 1. The molecule has 0 saturated carbocycles. The van der Waals surface area contributed by atoms with E-state index in [0.29, 0.717) is 0 Å². The highest BCUT2D eigenvalue weighted by atomic mass is 16.5. The summed E-state index contributed by atoms with van der Waals surface area (Å²) < 4.78 is 5.40. The summed E-state index contributed by atoms with van der Waals surface area (Å²) in [5.41, 5.74) is 0. The fourth-order valence-corrected chi connectivity index (χ4v) is 2.51. The van der Waals surface area contributed by atoms with Gasteiger partial charge in [0.15, 0.2) is 0 Å². The lowest BCUT2D eigenvalue weighted by atomic mass is 9.99. The van der Waals surface area contributed by atoms with Crippen molar-refractivity contribution in [2.75, 3.05) is 39.9 Å². The third kappa shape index (κ3) is 5.28. The molecule has 1 N–H and O–H groups in total. The zero-order valence-electron chi connectivity index (χ0n) is 11.0. The van der Waals surface area contributed by atoms with Crippen LogP contribution in [-0.2, 0) is 4.74 Å². The summed E-state index contributed by atoms with van der Waals surface area (Å²) in [6.45, 7) is 7.49. The molecule has 1 heterocycles. The van der Waals surface area contributed by atoms with Crippen molar-refractivity contribution in [2.45, 2.75) is 45.1 Å². The van der Waals surface area contributed by atoms with Gasteiger partial charge in [-0.1, -0.05) is 6.42 Å². The summed E-state index contributed by atoms with van der Waals surface area (Å²) in [5.74, 6) is 0. The van der Waals surface area contributed by atoms with Gasteiger partial charge in [-0.3, -0.25) is 0 Å². The second-order valence-electron chi connectivity index (χ2n) is 4.63. The van der Waals surface area contributed by atoms with Gasteiger partial charge in [0.2, 0.25) is 0 Å². The summed E-state index contributed by atoms with van der Waals surface area (Å²) in [6, 6.07) is 0.808. The number of nitrogens with zero attached hydrogens (tertiary/aromatic N) is 1. The molecule has 96 valence electrons. The van der Waals surface area contributed by atoms with Gasteiger partial charge in [0.1, 0.15) is 0 Å². The van der Waals surface area contributed by atoms with Crippen molar-refractivity contribution in [1.29, 1.82) is 0 Å². The Kier molecular flexibility index (Phi) is 7.81. The smallest absolute Gasteiger partial charge is 0.0478 e. The second kappa shape index (κ2) is 8.97. The van der Waals surface area contributed by atoms with Gasteiger partial charge in [0, 0.05) is 25.8 Å². The predicted molar refractivity (Wildman–Crippen MR) is 68.9 cm³/mol. The van der Waals surface area contributed by atoms with E-state index in [2.05, 4.69) is 17.1 Å². The van der Waals surface area contributed by atoms with Gasteiger partial charge in [0.05, 0.1) is 0 Å². The Hall–Kier alpha value is -0.120. The van der Waals surface area contributed by atoms with Crippen LogP contribution < -0.4 is 5.32 Å². The van der Waals surface area contributed by atoms with Crippen molar-refractivity contribution in [1.82, 2.24) is 10.2 Å². The van der Waals surface area contributed by atoms with Crippen molar-refractivity contribution < 1.29 is 4.74 Å². The van der Waals surface area contributed by atoms with E-state index < -0.39 is 0 Å². The van der Waals surface area contributed by atoms with Gasteiger partial charge in [-0.05, 0) is 52.7 Å². The van der Waals surface area contributed by atoms with Gasteiger partial charge >= 0.3 is 0 Å². The fourth-order valence-electron chi connectivity index (χ4n) is 2.51. The number of hydrogen-bond acceptors (Lipinski definition) is 3. The van der Waals surface area contributed by atoms with E-state index in [1.807, 2.05) is 7.05 Å². The minimum absolute atomic E-state index is 0.808. The Bertz CT molecular complexity index is 164. The zero-order valence-corrected chi connectivity index (χ0v) is 11.0. The van der Waals surface area contributed by atoms with E-state index >= 15 is 0 Å². The predicted octanol–water partition coefficient (Wildman–Crippen LogP) is 1.88. The SMILES string of the molecule is CCOCCCN1CCCCC1CCNC. The number of nitrogens with one attached hydrogen (secondary N) is 1. The van der Waals surface area contributed by atoms with Crippen molar-refractivity contribution >= 4 is 0 Å². The molecule has 0 aromatic carbocycles. The summed E-state index contributed by atoms with van der Waals surface area (Å²) in [6.07, 6.45) is 6.66. The molecular weight excluding hydrogens is 200 g/mol. The van der Waals surface area contributed by atoms with Gasteiger partial charge in [-0.15, -0.1) is 0 Å². The van der Waals surface area contributed by atoms with Crippen LogP contribution in [0.2, 0.25) is 0 Å². The van der Waals surface area contributed by atoms with Gasteiger partial charge < -0.3 is 15.0 Å². The molecule has 0 aromatic rings. The molecule has 1 unspecified atom stereocenters. The van der Waals surface area contributed by atoms with Crippen molar-refractivity contribution in [3.63, 3.8) is 0 Å². The number of ether oxygens (including phenoxy) is 1. The molecule has 3 nitrogen and oxygen atoms in total. The maximum Gasteiger partial charge on any atom is 0.0478 e. The minimum atomic E-state index is 0.808. The summed E-state index contributed by atoms with van der Waals surface area (Å²) in [4.78, 5) is 2.67. The highest BCUT2D eigenvalue weighted by Gasteiger charge is 2.20. The Morgan fingerprint density at radius 1 is 1.38 bits per heavy atom. The number of piperidine rings is 1. The Labute approximate surface area is 101 Å². The van der Waals surface area contributed by atoms with Crippen LogP contribution in [-0.4, -0.2) is 50.8 Å². The highest BCUT2D eigenvalue weighted by molar-refractivity contribution is 4.77. The molecule has 1 rings (SSSR count). The lowest BCUT2D eigenvalue weighted by Gasteiger charge is -2.35. The van der Waals surface area contributed by atoms with Crippen molar-refractivity contribution in [3.05, 3.63) is 0 Å². The Morgan fingerprint density at radius 3 is 3.00 bits per heavy atom.